The monoisotopic (exact) mass is 310 g/mol. The minimum atomic E-state index is -0.757. The number of aryl methyl sites for hydroxylation is 1. The minimum Gasteiger partial charge on any atom is -0.506 e. The number of carbonyl (C=O) groups is 2. The first kappa shape index (κ1) is 15.1. The van der Waals surface area contributed by atoms with Crippen LogP contribution in [0.15, 0.2) is 42.5 Å². The lowest BCUT2D eigenvalue weighted by Gasteiger charge is -2.22. The summed E-state index contributed by atoms with van der Waals surface area (Å²) in [4.78, 5) is 26.3. The third-order valence-electron chi connectivity index (χ3n) is 4.02. The van der Waals surface area contributed by atoms with Crippen molar-refractivity contribution in [2.24, 2.45) is 0 Å². The van der Waals surface area contributed by atoms with Crippen molar-refractivity contribution in [3.05, 3.63) is 53.6 Å². The summed E-state index contributed by atoms with van der Waals surface area (Å²) >= 11 is 0. The third-order valence-corrected chi connectivity index (χ3v) is 4.02. The molecule has 23 heavy (non-hydrogen) atoms. The summed E-state index contributed by atoms with van der Waals surface area (Å²) in [5.74, 6) is -1.43. The molecule has 0 spiro atoms. The maximum Gasteiger partial charge on any atom is 0.316 e. The number of hydrogen-bond donors (Lipinski definition) is 2. The Kier molecular flexibility index (Phi) is 3.78. The Morgan fingerprint density at radius 1 is 1.22 bits per heavy atom. The molecular formula is C18H18N2O3. The number of para-hydroxylation sites is 1. The molecule has 0 aliphatic carbocycles. The van der Waals surface area contributed by atoms with Crippen LogP contribution < -0.4 is 10.2 Å². The van der Waals surface area contributed by atoms with Gasteiger partial charge < -0.3 is 15.3 Å². The molecule has 2 aromatic carbocycles. The molecule has 0 saturated carbocycles. The highest BCUT2D eigenvalue weighted by Crippen LogP contribution is 2.32. The Morgan fingerprint density at radius 3 is 2.70 bits per heavy atom. The van der Waals surface area contributed by atoms with Crippen molar-refractivity contribution in [1.29, 1.82) is 0 Å². The quantitative estimate of drug-likeness (QED) is 0.628. The van der Waals surface area contributed by atoms with Gasteiger partial charge in [-0.2, -0.15) is 0 Å². The number of nitrogens with zero attached hydrogens (tertiary/aromatic N) is 1. The van der Waals surface area contributed by atoms with E-state index in [-0.39, 0.29) is 17.5 Å². The standard InChI is InChI=1S/C18H18N2O3/c1-11-7-8-14(16(21)9-11)19-17(22)18(23)20-12(2)10-13-5-3-4-6-15(13)20/h3-9,12,21H,10H2,1-2H3,(H,19,22). The predicted octanol–water partition coefficient (Wildman–Crippen LogP) is 2.62. The van der Waals surface area contributed by atoms with Gasteiger partial charge in [0.15, 0.2) is 0 Å². The van der Waals surface area contributed by atoms with Crippen LogP contribution in [0, 0.1) is 6.92 Å². The van der Waals surface area contributed by atoms with Crippen LogP contribution in [0.2, 0.25) is 0 Å². The van der Waals surface area contributed by atoms with Gasteiger partial charge in [-0.15, -0.1) is 0 Å². The molecule has 0 aromatic heterocycles. The number of phenolic OH excluding ortho intramolecular Hbond substituents is 1. The number of benzene rings is 2. The van der Waals surface area contributed by atoms with Gasteiger partial charge in [0.05, 0.1) is 5.69 Å². The number of fused-ring (bicyclic) bond motifs is 1. The lowest BCUT2D eigenvalue weighted by atomic mass is 10.1. The molecule has 0 saturated heterocycles. The van der Waals surface area contributed by atoms with Gasteiger partial charge >= 0.3 is 11.8 Å². The van der Waals surface area contributed by atoms with E-state index in [0.717, 1.165) is 23.2 Å². The number of aromatic hydroxyl groups is 1. The van der Waals surface area contributed by atoms with Crippen molar-refractivity contribution in [2.45, 2.75) is 26.3 Å². The van der Waals surface area contributed by atoms with Gasteiger partial charge in [-0.1, -0.05) is 24.3 Å². The smallest absolute Gasteiger partial charge is 0.316 e. The van der Waals surface area contributed by atoms with Gasteiger partial charge in [-0.05, 0) is 49.6 Å². The normalized spacial score (nSPS) is 16.1. The fourth-order valence-electron chi connectivity index (χ4n) is 2.91. The van der Waals surface area contributed by atoms with E-state index in [0.29, 0.717) is 0 Å². The van der Waals surface area contributed by atoms with Crippen molar-refractivity contribution >= 4 is 23.2 Å². The Labute approximate surface area is 134 Å². The molecule has 1 unspecified atom stereocenters. The summed E-state index contributed by atoms with van der Waals surface area (Å²) in [5.41, 5.74) is 2.93. The van der Waals surface area contributed by atoms with E-state index in [1.165, 1.54) is 11.0 Å². The highest BCUT2D eigenvalue weighted by atomic mass is 16.3. The van der Waals surface area contributed by atoms with Gasteiger partial charge in [0.25, 0.3) is 0 Å². The lowest BCUT2D eigenvalue weighted by Crippen LogP contribution is -2.43. The van der Waals surface area contributed by atoms with Gasteiger partial charge in [0.2, 0.25) is 0 Å². The van der Waals surface area contributed by atoms with Gasteiger partial charge in [0.1, 0.15) is 5.75 Å². The molecule has 2 aromatic rings. The van der Waals surface area contributed by atoms with E-state index < -0.39 is 11.8 Å². The van der Waals surface area contributed by atoms with Crippen LogP contribution in [0.25, 0.3) is 0 Å². The Hall–Kier alpha value is -2.82. The van der Waals surface area contributed by atoms with Crippen molar-refractivity contribution in [3.63, 3.8) is 0 Å². The average Bonchev–Trinajstić information content (AvgIpc) is 2.85. The SMILES string of the molecule is Cc1ccc(NC(=O)C(=O)N2c3ccccc3CC2C)c(O)c1. The van der Waals surface area contributed by atoms with E-state index in [1.54, 1.807) is 12.1 Å². The maximum absolute atomic E-state index is 12.5. The van der Waals surface area contributed by atoms with E-state index in [4.69, 9.17) is 0 Å². The molecule has 2 N–H and O–H groups in total. The molecular weight excluding hydrogens is 292 g/mol. The summed E-state index contributed by atoms with van der Waals surface area (Å²) in [6, 6.07) is 12.4. The fraction of sp³-hybridized carbons (Fsp3) is 0.222. The number of hydrogen-bond acceptors (Lipinski definition) is 3. The first-order chi connectivity index (χ1) is 11.0. The van der Waals surface area contributed by atoms with Crippen molar-refractivity contribution < 1.29 is 14.7 Å². The number of amides is 2. The summed E-state index contributed by atoms with van der Waals surface area (Å²) in [6.45, 7) is 3.74. The Balaban J connectivity index is 1.82. The average molecular weight is 310 g/mol. The number of rotatable bonds is 1. The van der Waals surface area contributed by atoms with Crippen LogP contribution in [-0.4, -0.2) is 23.0 Å². The van der Waals surface area contributed by atoms with Crippen LogP contribution in [-0.2, 0) is 16.0 Å². The van der Waals surface area contributed by atoms with Crippen molar-refractivity contribution in [1.82, 2.24) is 0 Å². The first-order valence-corrected chi connectivity index (χ1v) is 7.49. The zero-order valence-corrected chi connectivity index (χ0v) is 13.0. The van der Waals surface area contributed by atoms with Crippen LogP contribution >= 0.6 is 0 Å². The molecule has 3 rings (SSSR count). The maximum atomic E-state index is 12.5. The van der Waals surface area contributed by atoms with Crippen LogP contribution in [0.5, 0.6) is 5.75 Å². The number of carbonyl (C=O) groups excluding carboxylic acids is 2. The Morgan fingerprint density at radius 2 is 1.96 bits per heavy atom. The molecule has 1 aliphatic rings. The van der Waals surface area contributed by atoms with Crippen LogP contribution in [0.3, 0.4) is 0 Å². The Bertz CT molecular complexity index is 786. The molecule has 1 atom stereocenters. The first-order valence-electron chi connectivity index (χ1n) is 7.49. The molecule has 1 heterocycles. The van der Waals surface area contributed by atoms with Crippen LogP contribution in [0.4, 0.5) is 11.4 Å². The number of nitrogens with one attached hydrogen (secondary N) is 1. The second kappa shape index (κ2) is 5.76. The highest BCUT2D eigenvalue weighted by molar-refractivity contribution is 6.44. The van der Waals surface area contributed by atoms with Gasteiger partial charge in [-0.3, -0.25) is 9.59 Å². The number of phenols is 1. The minimum absolute atomic E-state index is 0.0546. The van der Waals surface area contributed by atoms with Crippen molar-refractivity contribution in [3.8, 4) is 5.75 Å². The van der Waals surface area contributed by atoms with Crippen LogP contribution in [0.1, 0.15) is 18.1 Å². The van der Waals surface area contributed by atoms with E-state index >= 15 is 0 Å². The molecule has 2 amide bonds. The predicted molar refractivity (Wildman–Crippen MR) is 88.6 cm³/mol. The number of anilines is 2. The molecule has 5 heteroatoms. The zero-order chi connectivity index (χ0) is 16.6. The van der Waals surface area contributed by atoms with Crippen molar-refractivity contribution in [2.75, 3.05) is 10.2 Å². The van der Waals surface area contributed by atoms with E-state index in [9.17, 15) is 14.7 Å². The molecule has 0 fully saturated rings. The second-order valence-electron chi connectivity index (χ2n) is 5.83. The summed E-state index contributed by atoms with van der Waals surface area (Å²) in [6.07, 6.45) is 0.727. The molecule has 1 aliphatic heterocycles. The second-order valence-corrected chi connectivity index (χ2v) is 5.83. The molecule has 5 nitrogen and oxygen atoms in total. The highest BCUT2D eigenvalue weighted by Gasteiger charge is 2.34. The van der Waals surface area contributed by atoms with E-state index in [2.05, 4.69) is 5.32 Å². The topological polar surface area (TPSA) is 69.6 Å². The third kappa shape index (κ3) is 2.77. The largest absolute Gasteiger partial charge is 0.506 e. The zero-order valence-electron chi connectivity index (χ0n) is 13.0. The molecule has 118 valence electrons. The van der Waals surface area contributed by atoms with Gasteiger partial charge in [-0.25, -0.2) is 0 Å². The molecule has 0 radical (unpaired) electrons. The van der Waals surface area contributed by atoms with E-state index in [1.807, 2.05) is 38.1 Å². The lowest BCUT2D eigenvalue weighted by molar-refractivity contribution is -0.134. The summed E-state index contributed by atoms with van der Waals surface area (Å²) in [7, 11) is 0. The molecule has 0 bridgehead atoms. The fourth-order valence-corrected chi connectivity index (χ4v) is 2.91. The van der Waals surface area contributed by atoms with Gasteiger partial charge in [0, 0.05) is 11.7 Å². The summed E-state index contributed by atoms with van der Waals surface area (Å²) < 4.78 is 0. The summed E-state index contributed by atoms with van der Waals surface area (Å²) in [5, 5.41) is 12.3.